The standard InChI is InChI=1S/C11H11N3O2/c1-8-10(11(15)16)14(13-12-8)7-9-5-3-2-4-6-9/h2-6H,7H2,1H3,(H,15,16). The lowest BCUT2D eigenvalue weighted by atomic mass is 10.2. The number of aromatic carboxylic acids is 1. The summed E-state index contributed by atoms with van der Waals surface area (Å²) in [6.07, 6.45) is 0. The van der Waals surface area contributed by atoms with Crippen LogP contribution in [0.3, 0.4) is 0 Å². The molecule has 2 rings (SSSR count). The molecule has 1 N–H and O–H groups in total. The van der Waals surface area contributed by atoms with E-state index in [0.29, 0.717) is 12.2 Å². The van der Waals surface area contributed by atoms with E-state index in [-0.39, 0.29) is 5.69 Å². The molecule has 0 radical (unpaired) electrons. The van der Waals surface area contributed by atoms with Crippen LogP contribution in [0.4, 0.5) is 0 Å². The first kappa shape index (κ1) is 10.4. The van der Waals surface area contributed by atoms with Gasteiger partial charge in [0.2, 0.25) is 0 Å². The van der Waals surface area contributed by atoms with Crippen molar-refractivity contribution in [2.24, 2.45) is 0 Å². The lowest BCUT2D eigenvalue weighted by Gasteiger charge is -2.03. The molecule has 0 spiro atoms. The minimum Gasteiger partial charge on any atom is -0.476 e. The van der Waals surface area contributed by atoms with Gasteiger partial charge in [0, 0.05) is 0 Å². The molecule has 0 aliphatic rings. The summed E-state index contributed by atoms with van der Waals surface area (Å²) in [6, 6.07) is 9.55. The average Bonchev–Trinajstić information content (AvgIpc) is 2.61. The van der Waals surface area contributed by atoms with E-state index in [1.54, 1.807) is 6.92 Å². The van der Waals surface area contributed by atoms with Gasteiger partial charge in [-0.2, -0.15) is 0 Å². The fraction of sp³-hybridized carbons (Fsp3) is 0.182. The van der Waals surface area contributed by atoms with Gasteiger partial charge >= 0.3 is 5.97 Å². The molecule has 0 saturated heterocycles. The Kier molecular flexibility index (Phi) is 2.68. The van der Waals surface area contributed by atoms with Gasteiger partial charge in [0.15, 0.2) is 5.69 Å². The van der Waals surface area contributed by atoms with Crippen molar-refractivity contribution in [3.63, 3.8) is 0 Å². The zero-order valence-corrected chi connectivity index (χ0v) is 8.79. The highest BCUT2D eigenvalue weighted by molar-refractivity contribution is 5.86. The fourth-order valence-corrected chi connectivity index (χ4v) is 1.53. The third-order valence-electron chi connectivity index (χ3n) is 2.28. The van der Waals surface area contributed by atoms with Crippen molar-refractivity contribution in [3.8, 4) is 0 Å². The molecule has 1 aromatic heterocycles. The first-order chi connectivity index (χ1) is 7.68. The third kappa shape index (κ3) is 1.93. The molecule has 1 heterocycles. The highest BCUT2D eigenvalue weighted by Crippen LogP contribution is 2.07. The molecule has 2 aromatic rings. The van der Waals surface area contributed by atoms with E-state index in [1.807, 2.05) is 30.3 Å². The van der Waals surface area contributed by atoms with E-state index in [9.17, 15) is 4.79 Å². The van der Waals surface area contributed by atoms with Gasteiger partial charge in [0.05, 0.1) is 12.2 Å². The largest absolute Gasteiger partial charge is 0.476 e. The topological polar surface area (TPSA) is 68.0 Å². The Morgan fingerprint density at radius 3 is 2.69 bits per heavy atom. The number of aromatic nitrogens is 3. The Hall–Kier alpha value is -2.17. The van der Waals surface area contributed by atoms with Gasteiger partial charge in [-0.3, -0.25) is 0 Å². The van der Waals surface area contributed by atoms with E-state index in [1.165, 1.54) is 4.68 Å². The molecule has 16 heavy (non-hydrogen) atoms. The monoisotopic (exact) mass is 217 g/mol. The molecule has 82 valence electrons. The number of benzene rings is 1. The molecule has 0 amide bonds. The number of carboxylic acid groups (broad SMARTS) is 1. The molecule has 5 heteroatoms. The second-order valence-corrected chi connectivity index (χ2v) is 3.47. The van der Waals surface area contributed by atoms with E-state index >= 15 is 0 Å². The van der Waals surface area contributed by atoms with Crippen molar-refractivity contribution in [2.75, 3.05) is 0 Å². The third-order valence-corrected chi connectivity index (χ3v) is 2.28. The van der Waals surface area contributed by atoms with E-state index in [0.717, 1.165) is 5.56 Å². The van der Waals surface area contributed by atoms with E-state index in [2.05, 4.69) is 10.3 Å². The molecule has 0 unspecified atom stereocenters. The molecule has 0 bridgehead atoms. The minimum absolute atomic E-state index is 0.142. The molecule has 1 aromatic carbocycles. The predicted molar refractivity (Wildman–Crippen MR) is 57.3 cm³/mol. The van der Waals surface area contributed by atoms with Gasteiger partial charge in [-0.1, -0.05) is 35.5 Å². The Morgan fingerprint density at radius 2 is 2.06 bits per heavy atom. The summed E-state index contributed by atoms with van der Waals surface area (Å²) in [6.45, 7) is 2.06. The number of nitrogens with zero attached hydrogens (tertiary/aromatic N) is 3. The Morgan fingerprint density at radius 1 is 1.38 bits per heavy atom. The SMILES string of the molecule is Cc1nnn(Cc2ccccc2)c1C(=O)O. The zero-order chi connectivity index (χ0) is 11.5. The van der Waals surface area contributed by atoms with Crippen LogP contribution in [0.25, 0.3) is 0 Å². The Labute approximate surface area is 92.3 Å². The minimum atomic E-state index is -1.00. The average molecular weight is 217 g/mol. The fourth-order valence-electron chi connectivity index (χ4n) is 1.53. The first-order valence-corrected chi connectivity index (χ1v) is 4.86. The van der Waals surface area contributed by atoms with Crippen molar-refractivity contribution in [2.45, 2.75) is 13.5 Å². The van der Waals surface area contributed by atoms with Crippen LogP contribution in [0, 0.1) is 6.92 Å². The van der Waals surface area contributed by atoms with Crippen LogP contribution in [0.5, 0.6) is 0 Å². The van der Waals surface area contributed by atoms with Crippen molar-refractivity contribution in [3.05, 3.63) is 47.3 Å². The maximum Gasteiger partial charge on any atom is 0.356 e. The summed E-state index contributed by atoms with van der Waals surface area (Å²) in [7, 11) is 0. The Balaban J connectivity index is 2.32. The molecule has 5 nitrogen and oxygen atoms in total. The van der Waals surface area contributed by atoms with Crippen molar-refractivity contribution >= 4 is 5.97 Å². The summed E-state index contributed by atoms with van der Waals surface area (Å²) in [5.74, 6) is -1.00. The van der Waals surface area contributed by atoms with E-state index < -0.39 is 5.97 Å². The van der Waals surface area contributed by atoms with Crippen molar-refractivity contribution in [1.82, 2.24) is 15.0 Å². The zero-order valence-electron chi connectivity index (χ0n) is 8.79. The van der Waals surface area contributed by atoms with Gasteiger partial charge in [0.1, 0.15) is 0 Å². The Bertz CT molecular complexity index is 505. The highest BCUT2D eigenvalue weighted by Gasteiger charge is 2.16. The lowest BCUT2D eigenvalue weighted by molar-refractivity contribution is 0.0683. The van der Waals surface area contributed by atoms with Gasteiger partial charge < -0.3 is 5.11 Å². The molecular formula is C11H11N3O2. The molecule has 0 aliphatic heterocycles. The number of hydrogen-bond acceptors (Lipinski definition) is 3. The number of hydrogen-bond donors (Lipinski definition) is 1. The number of rotatable bonds is 3. The van der Waals surface area contributed by atoms with Gasteiger partial charge in [-0.05, 0) is 12.5 Å². The summed E-state index contributed by atoms with van der Waals surface area (Å²) in [5, 5.41) is 16.6. The predicted octanol–water partition coefficient (Wildman–Crippen LogP) is 1.33. The number of carbonyl (C=O) groups is 1. The summed E-state index contributed by atoms with van der Waals surface area (Å²) in [4.78, 5) is 11.0. The second-order valence-electron chi connectivity index (χ2n) is 3.47. The maximum atomic E-state index is 11.0. The van der Waals surface area contributed by atoms with Crippen LogP contribution in [-0.4, -0.2) is 26.1 Å². The van der Waals surface area contributed by atoms with Gasteiger partial charge in [0.25, 0.3) is 0 Å². The van der Waals surface area contributed by atoms with Crippen molar-refractivity contribution in [1.29, 1.82) is 0 Å². The quantitative estimate of drug-likeness (QED) is 0.842. The van der Waals surface area contributed by atoms with Crippen LogP contribution < -0.4 is 0 Å². The normalized spacial score (nSPS) is 10.3. The smallest absolute Gasteiger partial charge is 0.356 e. The van der Waals surface area contributed by atoms with Crippen LogP contribution in [0.1, 0.15) is 21.7 Å². The number of carboxylic acids is 1. The van der Waals surface area contributed by atoms with Gasteiger partial charge in [-0.15, -0.1) is 5.10 Å². The number of aryl methyl sites for hydroxylation is 1. The highest BCUT2D eigenvalue weighted by atomic mass is 16.4. The molecule has 0 atom stereocenters. The van der Waals surface area contributed by atoms with Crippen LogP contribution >= 0.6 is 0 Å². The maximum absolute atomic E-state index is 11.0. The van der Waals surface area contributed by atoms with E-state index in [4.69, 9.17) is 5.11 Å². The molecule has 0 saturated carbocycles. The van der Waals surface area contributed by atoms with Crippen LogP contribution in [0.15, 0.2) is 30.3 Å². The van der Waals surface area contributed by atoms with Crippen LogP contribution in [-0.2, 0) is 6.54 Å². The summed E-state index contributed by atoms with van der Waals surface area (Å²) < 4.78 is 1.40. The summed E-state index contributed by atoms with van der Waals surface area (Å²) >= 11 is 0. The lowest BCUT2D eigenvalue weighted by Crippen LogP contribution is -2.11. The molecule has 0 fully saturated rings. The first-order valence-electron chi connectivity index (χ1n) is 4.86. The van der Waals surface area contributed by atoms with Gasteiger partial charge in [-0.25, -0.2) is 9.48 Å². The van der Waals surface area contributed by atoms with Crippen molar-refractivity contribution < 1.29 is 9.90 Å². The molecule has 0 aliphatic carbocycles. The van der Waals surface area contributed by atoms with Crippen LogP contribution in [0.2, 0.25) is 0 Å². The molecular weight excluding hydrogens is 206 g/mol. The second kappa shape index (κ2) is 4.14. The summed E-state index contributed by atoms with van der Waals surface area (Å²) in [5.41, 5.74) is 1.57.